The summed E-state index contributed by atoms with van der Waals surface area (Å²) in [6.07, 6.45) is 0.571. The molecule has 3 aromatic rings. The molecule has 0 aliphatic carbocycles. The molecule has 0 spiro atoms. The minimum Gasteiger partial charge on any atom is -0.484 e. The molecule has 1 aliphatic rings. The Labute approximate surface area is 316 Å². The van der Waals surface area contributed by atoms with Gasteiger partial charge in [0.15, 0.2) is 6.61 Å². The average molecular weight is 748 g/mol. The van der Waals surface area contributed by atoms with Crippen LogP contribution in [0.15, 0.2) is 53.1 Å². The largest absolute Gasteiger partial charge is 0.484 e. The van der Waals surface area contributed by atoms with Crippen molar-refractivity contribution >= 4 is 29.5 Å². The van der Waals surface area contributed by atoms with Crippen molar-refractivity contribution in [1.82, 2.24) is 36.3 Å². The van der Waals surface area contributed by atoms with Gasteiger partial charge in [-0.2, -0.15) is 4.98 Å². The van der Waals surface area contributed by atoms with Gasteiger partial charge in [-0.15, -0.1) is 0 Å². The van der Waals surface area contributed by atoms with E-state index < -0.39 is 35.9 Å². The van der Waals surface area contributed by atoms with E-state index in [2.05, 4.69) is 31.4 Å². The molecular formula is C39H53N7O8. The first-order valence-electron chi connectivity index (χ1n) is 18.6. The molecular weight excluding hydrogens is 694 g/mol. The lowest BCUT2D eigenvalue weighted by Crippen LogP contribution is -2.57. The Morgan fingerprint density at radius 3 is 2.30 bits per heavy atom. The predicted molar refractivity (Wildman–Crippen MR) is 200 cm³/mol. The maximum atomic E-state index is 13.7. The lowest BCUT2D eigenvalue weighted by Gasteiger charge is -2.26. The van der Waals surface area contributed by atoms with Gasteiger partial charge in [0.05, 0.1) is 12.5 Å². The maximum Gasteiger partial charge on any atom is 0.257 e. The number of aliphatic hydroxyl groups excluding tert-OH is 1. The van der Waals surface area contributed by atoms with E-state index in [4.69, 9.17) is 9.26 Å². The molecule has 0 saturated carbocycles. The molecule has 15 heteroatoms. The minimum absolute atomic E-state index is 0.0372. The number of benzene rings is 2. The number of amides is 5. The smallest absolute Gasteiger partial charge is 0.257 e. The van der Waals surface area contributed by atoms with Crippen molar-refractivity contribution in [3.8, 4) is 17.1 Å². The van der Waals surface area contributed by atoms with Crippen molar-refractivity contribution < 1.29 is 38.3 Å². The Balaban J connectivity index is 1.48. The van der Waals surface area contributed by atoms with Gasteiger partial charge in [-0.05, 0) is 68.4 Å². The number of aliphatic hydroxyl groups is 1. The maximum absolute atomic E-state index is 13.7. The highest BCUT2D eigenvalue weighted by molar-refractivity contribution is 5.95. The van der Waals surface area contributed by atoms with Crippen LogP contribution in [0, 0.1) is 5.92 Å². The van der Waals surface area contributed by atoms with Gasteiger partial charge >= 0.3 is 0 Å². The second kappa shape index (κ2) is 20.2. The third-order valence-electron chi connectivity index (χ3n) is 8.75. The topological polar surface area (TPSA) is 205 Å². The van der Waals surface area contributed by atoms with Gasteiger partial charge < -0.3 is 40.5 Å². The fraction of sp³-hybridized carbons (Fsp3) is 0.513. The molecule has 3 atom stereocenters. The third-order valence-corrected chi connectivity index (χ3v) is 8.75. The lowest BCUT2D eigenvalue weighted by atomic mass is 10.0. The summed E-state index contributed by atoms with van der Waals surface area (Å²) in [4.78, 5) is 72.0. The SMILES string of the molecule is CC(C)C[C@H]1NC(=O)Cc2cccc(c2)OCC(=O)NCCCN(C(=O)c2ccc(-c3noc(C(C)C)n3)cc2)CCCCNC(=O)[C@H]([C@@H](C)O)NC1=O. The zero-order valence-corrected chi connectivity index (χ0v) is 31.7. The Morgan fingerprint density at radius 2 is 1.61 bits per heavy atom. The quantitative estimate of drug-likeness (QED) is 0.249. The molecule has 2 bridgehead atoms. The number of aromatic nitrogens is 2. The van der Waals surface area contributed by atoms with Crippen LogP contribution >= 0.6 is 0 Å². The van der Waals surface area contributed by atoms with Crippen LogP contribution < -0.4 is 26.0 Å². The van der Waals surface area contributed by atoms with Gasteiger partial charge in [-0.1, -0.05) is 57.1 Å². The fourth-order valence-corrected chi connectivity index (χ4v) is 5.83. The van der Waals surface area contributed by atoms with E-state index in [1.807, 2.05) is 27.7 Å². The molecule has 5 N–H and O–H groups in total. The number of rotatable bonds is 6. The van der Waals surface area contributed by atoms with Gasteiger partial charge in [-0.3, -0.25) is 24.0 Å². The molecule has 0 fully saturated rings. The second-order valence-electron chi connectivity index (χ2n) is 14.3. The van der Waals surface area contributed by atoms with Crippen molar-refractivity contribution in [2.75, 3.05) is 32.8 Å². The first kappa shape index (κ1) is 41.4. The van der Waals surface area contributed by atoms with E-state index in [-0.39, 0.29) is 43.2 Å². The Morgan fingerprint density at radius 1 is 0.889 bits per heavy atom. The van der Waals surface area contributed by atoms with Crippen molar-refractivity contribution in [1.29, 1.82) is 0 Å². The Hall–Kier alpha value is -5.31. The molecule has 1 aliphatic heterocycles. The molecule has 0 radical (unpaired) electrons. The Bertz CT molecular complexity index is 1720. The number of hydrogen-bond donors (Lipinski definition) is 5. The third kappa shape index (κ3) is 12.7. The summed E-state index contributed by atoms with van der Waals surface area (Å²) < 4.78 is 11.0. The number of hydrogen-bond acceptors (Lipinski definition) is 10. The number of fused-ring (bicyclic) bond motifs is 2. The highest BCUT2D eigenvalue weighted by Crippen LogP contribution is 2.21. The first-order chi connectivity index (χ1) is 25.8. The van der Waals surface area contributed by atoms with Crippen molar-refractivity contribution in [2.24, 2.45) is 5.92 Å². The summed E-state index contributed by atoms with van der Waals surface area (Å²) >= 11 is 0. The van der Waals surface area contributed by atoms with E-state index in [0.717, 1.165) is 0 Å². The molecule has 15 nitrogen and oxygen atoms in total. The van der Waals surface area contributed by atoms with Crippen LogP contribution in [0.1, 0.15) is 88.0 Å². The van der Waals surface area contributed by atoms with E-state index in [1.54, 1.807) is 53.4 Å². The molecule has 4 rings (SSSR count). The number of carbonyl (C=O) groups is 5. The van der Waals surface area contributed by atoms with Crippen LogP contribution in [0.25, 0.3) is 11.4 Å². The molecule has 0 unspecified atom stereocenters. The average Bonchev–Trinajstić information content (AvgIpc) is 3.63. The lowest BCUT2D eigenvalue weighted by molar-refractivity contribution is -0.134. The summed E-state index contributed by atoms with van der Waals surface area (Å²) in [6, 6.07) is 11.5. The minimum atomic E-state index is -1.25. The summed E-state index contributed by atoms with van der Waals surface area (Å²) in [5, 5.41) is 25.5. The molecule has 5 amide bonds. The molecule has 1 aromatic heterocycles. The van der Waals surface area contributed by atoms with Gasteiger partial charge in [-0.25, -0.2) is 0 Å². The van der Waals surface area contributed by atoms with Crippen LogP contribution in [0.3, 0.4) is 0 Å². The summed E-state index contributed by atoms with van der Waals surface area (Å²) in [5.74, 6) is -0.615. The molecule has 2 aromatic carbocycles. The highest BCUT2D eigenvalue weighted by atomic mass is 16.5. The highest BCUT2D eigenvalue weighted by Gasteiger charge is 2.30. The van der Waals surface area contributed by atoms with Gasteiger partial charge in [0.1, 0.15) is 17.8 Å². The number of nitrogens with zero attached hydrogens (tertiary/aromatic N) is 3. The summed E-state index contributed by atoms with van der Waals surface area (Å²) in [6.45, 7) is 10.2. The predicted octanol–water partition coefficient (Wildman–Crippen LogP) is 2.74. The molecule has 0 saturated heterocycles. The Kier molecular flexibility index (Phi) is 15.5. The number of nitrogens with one attached hydrogen (secondary N) is 4. The zero-order chi connectivity index (χ0) is 39.2. The number of carbonyl (C=O) groups excluding carboxylic acids is 5. The fourth-order valence-electron chi connectivity index (χ4n) is 5.83. The van der Waals surface area contributed by atoms with Gasteiger partial charge in [0.2, 0.25) is 29.4 Å². The van der Waals surface area contributed by atoms with E-state index in [9.17, 15) is 29.1 Å². The monoisotopic (exact) mass is 747 g/mol. The van der Waals surface area contributed by atoms with Crippen LogP contribution in [0.4, 0.5) is 0 Å². The van der Waals surface area contributed by atoms with Gasteiger partial charge in [0.25, 0.3) is 11.8 Å². The van der Waals surface area contributed by atoms with E-state index in [1.165, 1.54) is 6.92 Å². The molecule has 292 valence electrons. The summed E-state index contributed by atoms with van der Waals surface area (Å²) in [7, 11) is 0. The zero-order valence-electron chi connectivity index (χ0n) is 31.7. The van der Waals surface area contributed by atoms with Gasteiger partial charge in [0, 0.05) is 43.2 Å². The first-order valence-corrected chi connectivity index (χ1v) is 18.6. The van der Waals surface area contributed by atoms with E-state index >= 15 is 0 Å². The molecule has 54 heavy (non-hydrogen) atoms. The van der Waals surface area contributed by atoms with Crippen LogP contribution in [-0.4, -0.2) is 101 Å². The second-order valence-corrected chi connectivity index (χ2v) is 14.3. The van der Waals surface area contributed by atoms with Crippen LogP contribution in [-0.2, 0) is 25.6 Å². The van der Waals surface area contributed by atoms with Crippen LogP contribution in [0.2, 0.25) is 0 Å². The standard InChI is InChI=1S/C39H53N7O8/c1-24(2)20-31-36(50)43-34(26(5)47)37(51)41-16-6-7-18-46(39(52)29-14-12-28(13-15-29)35-44-38(25(3)4)54-45-35)19-9-17-40-33(49)23-53-30-11-8-10-27(21-30)22-32(48)42-31/h8,10-15,21,24-26,31,34,47H,6-7,9,16-20,22-23H2,1-5H3,(H,40,49)(H,41,51)(H,42,48)(H,43,50)/t26-,31-,34+/m1/s1. The van der Waals surface area contributed by atoms with Crippen molar-refractivity contribution in [3.05, 3.63) is 65.5 Å². The summed E-state index contributed by atoms with van der Waals surface area (Å²) in [5.41, 5.74) is 1.79. The van der Waals surface area contributed by atoms with Crippen molar-refractivity contribution in [3.63, 3.8) is 0 Å². The molecule has 2 heterocycles. The van der Waals surface area contributed by atoms with Crippen LogP contribution in [0.5, 0.6) is 5.75 Å². The normalized spacial score (nSPS) is 19.5. The van der Waals surface area contributed by atoms with Crippen molar-refractivity contribution in [2.45, 2.75) is 90.8 Å². The number of ether oxygens (including phenoxy) is 1. The van der Waals surface area contributed by atoms with E-state index in [0.29, 0.717) is 79.5 Å².